The van der Waals surface area contributed by atoms with Crippen molar-refractivity contribution >= 4 is 5.97 Å². The first-order valence-corrected chi connectivity index (χ1v) is 11.9. The SMILES string of the molecule is CCCCCOCCOCCOCCOCCOCCOCCOC(=O)CCCCC. The smallest absolute Gasteiger partial charge is 0.305 e. The summed E-state index contributed by atoms with van der Waals surface area (Å²) in [5.74, 6) is -0.148. The number of hydrogen-bond donors (Lipinski definition) is 0. The summed E-state index contributed by atoms with van der Waals surface area (Å²) in [6.07, 6.45) is 7.09. The molecule has 0 saturated heterocycles. The second kappa shape index (κ2) is 27.3. The van der Waals surface area contributed by atoms with Gasteiger partial charge in [-0.3, -0.25) is 4.79 Å². The molecule has 186 valence electrons. The quantitative estimate of drug-likeness (QED) is 0.146. The number of hydrogen-bond acceptors (Lipinski definition) is 8. The summed E-state index contributed by atoms with van der Waals surface area (Å²) in [7, 11) is 0. The third kappa shape index (κ3) is 27.2. The molecule has 0 radical (unpaired) electrons. The summed E-state index contributed by atoms with van der Waals surface area (Å²) in [4.78, 5) is 11.4. The number of rotatable bonds is 26. The van der Waals surface area contributed by atoms with Crippen molar-refractivity contribution in [3.63, 3.8) is 0 Å². The van der Waals surface area contributed by atoms with Gasteiger partial charge in [-0.25, -0.2) is 0 Å². The summed E-state index contributed by atoms with van der Waals surface area (Å²) >= 11 is 0. The average molecular weight is 451 g/mol. The topological polar surface area (TPSA) is 81.7 Å². The maximum Gasteiger partial charge on any atom is 0.305 e. The van der Waals surface area contributed by atoms with E-state index in [0.717, 1.165) is 32.3 Å². The molecule has 0 aliphatic carbocycles. The van der Waals surface area contributed by atoms with Crippen molar-refractivity contribution in [2.75, 3.05) is 85.9 Å². The number of carbonyl (C=O) groups is 1. The highest BCUT2D eigenvalue weighted by Gasteiger charge is 2.01. The maximum atomic E-state index is 11.4. The van der Waals surface area contributed by atoms with Gasteiger partial charge in [0.25, 0.3) is 0 Å². The molecule has 0 aromatic carbocycles. The molecule has 0 aromatic heterocycles. The minimum Gasteiger partial charge on any atom is -0.463 e. The molecule has 8 heteroatoms. The molecule has 0 rings (SSSR count). The van der Waals surface area contributed by atoms with Crippen molar-refractivity contribution in [2.45, 2.75) is 58.8 Å². The summed E-state index contributed by atoms with van der Waals surface area (Å²) < 4.78 is 37.6. The van der Waals surface area contributed by atoms with Gasteiger partial charge in [-0.1, -0.05) is 39.5 Å². The third-order valence-electron chi connectivity index (χ3n) is 4.23. The van der Waals surface area contributed by atoms with Crippen LogP contribution >= 0.6 is 0 Å². The number of esters is 1. The monoisotopic (exact) mass is 450 g/mol. The van der Waals surface area contributed by atoms with Crippen LogP contribution in [0.2, 0.25) is 0 Å². The fourth-order valence-corrected chi connectivity index (χ4v) is 2.46. The predicted molar refractivity (Wildman–Crippen MR) is 120 cm³/mol. The Morgan fingerprint density at radius 2 is 0.806 bits per heavy atom. The average Bonchev–Trinajstić information content (AvgIpc) is 2.77. The first kappa shape index (κ1) is 30.2. The molecule has 0 heterocycles. The van der Waals surface area contributed by atoms with Gasteiger partial charge in [0.15, 0.2) is 0 Å². The van der Waals surface area contributed by atoms with Gasteiger partial charge in [0.1, 0.15) is 6.61 Å². The van der Waals surface area contributed by atoms with Gasteiger partial charge in [-0.05, 0) is 12.8 Å². The Hall–Kier alpha value is -0.770. The van der Waals surface area contributed by atoms with Crippen LogP contribution in [-0.4, -0.2) is 91.9 Å². The molecule has 0 spiro atoms. The number of unbranched alkanes of at least 4 members (excludes halogenated alkanes) is 4. The van der Waals surface area contributed by atoms with E-state index in [1.165, 1.54) is 12.8 Å². The van der Waals surface area contributed by atoms with E-state index in [4.69, 9.17) is 33.2 Å². The first-order valence-electron chi connectivity index (χ1n) is 11.9. The minimum atomic E-state index is -0.148. The molecule has 0 N–H and O–H groups in total. The molecule has 31 heavy (non-hydrogen) atoms. The molecule has 0 aliphatic rings. The third-order valence-corrected chi connectivity index (χ3v) is 4.23. The van der Waals surface area contributed by atoms with E-state index in [1.807, 2.05) is 0 Å². The molecular formula is C23H46O8. The fraction of sp³-hybridized carbons (Fsp3) is 0.957. The highest BCUT2D eigenvalue weighted by atomic mass is 16.6. The highest BCUT2D eigenvalue weighted by molar-refractivity contribution is 5.69. The van der Waals surface area contributed by atoms with Crippen LogP contribution in [0.15, 0.2) is 0 Å². The molecule has 0 unspecified atom stereocenters. The van der Waals surface area contributed by atoms with Crippen LogP contribution in [0, 0.1) is 0 Å². The van der Waals surface area contributed by atoms with Gasteiger partial charge >= 0.3 is 5.97 Å². The van der Waals surface area contributed by atoms with Gasteiger partial charge in [0, 0.05) is 13.0 Å². The second-order valence-electron chi connectivity index (χ2n) is 7.06. The zero-order chi connectivity index (χ0) is 22.7. The van der Waals surface area contributed by atoms with Gasteiger partial charge in [-0.15, -0.1) is 0 Å². The van der Waals surface area contributed by atoms with E-state index >= 15 is 0 Å². The lowest BCUT2D eigenvalue weighted by atomic mass is 10.2. The molecule has 0 fully saturated rings. The Bertz CT molecular complexity index is 354. The van der Waals surface area contributed by atoms with Gasteiger partial charge < -0.3 is 33.2 Å². The van der Waals surface area contributed by atoms with Crippen molar-refractivity contribution < 1.29 is 38.0 Å². The Morgan fingerprint density at radius 1 is 0.452 bits per heavy atom. The van der Waals surface area contributed by atoms with Crippen LogP contribution in [0.1, 0.15) is 58.8 Å². The van der Waals surface area contributed by atoms with E-state index in [1.54, 1.807) is 0 Å². The van der Waals surface area contributed by atoms with Crippen LogP contribution < -0.4 is 0 Å². The van der Waals surface area contributed by atoms with Gasteiger partial charge in [-0.2, -0.15) is 0 Å². The van der Waals surface area contributed by atoms with Crippen LogP contribution in [0.5, 0.6) is 0 Å². The number of ether oxygens (including phenoxy) is 7. The Kier molecular flexibility index (Phi) is 26.6. The largest absolute Gasteiger partial charge is 0.463 e. The molecular weight excluding hydrogens is 404 g/mol. The summed E-state index contributed by atoms with van der Waals surface area (Å²) in [6, 6.07) is 0. The molecule has 0 amide bonds. The molecule has 8 nitrogen and oxygen atoms in total. The molecule has 0 saturated carbocycles. The second-order valence-corrected chi connectivity index (χ2v) is 7.06. The van der Waals surface area contributed by atoms with Crippen LogP contribution in [0.4, 0.5) is 0 Å². The van der Waals surface area contributed by atoms with E-state index in [2.05, 4.69) is 13.8 Å². The van der Waals surface area contributed by atoms with Crippen LogP contribution in [-0.2, 0) is 38.0 Å². The zero-order valence-corrected chi connectivity index (χ0v) is 19.9. The Morgan fingerprint density at radius 3 is 1.23 bits per heavy atom. The van der Waals surface area contributed by atoms with E-state index < -0.39 is 0 Å². The summed E-state index contributed by atoms with van der Waals surface area (Å²) in [5.41, 5.74) is 0. The normalized spacial score (nSPS) is 11.2. The van der Waals surface area contributed by atoms with Crippen molar-refractivity contribution in [2.24, 2.45) is 0 Å². The standard InChI is InChI=1S/C23H46O8/c1-3-5-7-9-23(24)31-22-21-30-20-19-29-18-17-28-16-15-27-14-13-26-12-11-25-10-8-6-4-2/h3-22H2,1-2H3. The zero-order valence-electron chi connectivity index (χ0n) is 19.9. The molecule has 0 aromatic rings. The van der Waals surface area contributed by atoms with Crippen molar-refractivity contribution in [3.05, 3.63) is 0 Å². The van der Waals surface area contributed by atoms with Crippen LogP contribution in [0.25, 0.3) is 0 Å². The Balaban J connectivity index is 3.06. The van der Waals surface area contributed by atoms with Crippen molar-refractivity contribution in [1.82, 2.24) is 0 Å². The molecule has 0 aliphatic heterocycles. The number of carbonyl (C=O) groups excluding carboxylic acids is 1. The van der Waals surface area contributed by atoms with Crippen molar-refractivity contribution in [3.8, 4) is 0 Å². The van der Waals surface area contributed by atoms with E-state index in [0.29, 0.717) is 85.7 Å². The lowest BCUT2D eigenvalue weighted by molar-refractivity contribution is -0.145. The lowest BCUT2D eigenvalue weighted by Gasteiger charge is -2.08. The summed E-state index contributed by atoms with van der Waals surface area (Å²) in [5, 5.41) is 0. The Labute approximate surface area is 189 Å². The van der Waals surface area contributed by atoms with Gasteiger partial charge in [0.2, 0.25) is 0 Å². The lowest BCUT2D eigenvalue weighted by Crippen LogP contribution is -2.15. The van der Waals surface area contributed by atoms with E-state index in [-0.39, 0.29) is 5.97 Å². The predicted octanol–water partition coefficient (Wildman–Crippen LogP) is 3.40. The van der Waals surface area contributed by atoms with E-state index in [9.17, 15) is 4.79 Å². The van der Waals surface area contributed by atoms with Crippen LogP contribution in [0.3, 0.4) is 0 Å². The summed E-state index contributed by atoms with van der Waals surface area (Å²) in [6.45, 7) is 11.2. The van der Waals surface area contributed by atoms with Gasteiger partial charge in [0.05, 0.1) is 72.7 Å². The molecule has 0 bridgehead atoms. The fourth-order valence-electron chi connectivity index (χ4n) is 2.46. The van der Waals surface area contributed by atoms with Crippen molar-refractivity contribution in [1.29, 1.82) is 0 Å². The maximum absolute atomic E-state index is 11.4. The highest BCUT2D eigenvalue weighted by Crippen LogP contribution is 2.00. The molecule has 0 atom stereocenters. The minimum absolute atomic E-state index is 0.148. The first-order chi connectivity index (χ1) is 15.3.